The lowest BCUT2D eigenvalue weighted by Crippen LogP contribution is -2.32. The summed E-state index contributed by atoms with van der Waals surface area (Å²) in [5.41, 5.74) is 11.4. The van der Waals surface area contributed by atoms with Crippen LogP contribution >= 0.6 is 0 Å². The summed E-state index contributed by atoms with van der Waals surface area (Å²) in [5, 5.41) is 3.03. The number of aromatic nitrogens is 2. The van der Waals surface area contributed by atoms with Crippen LogP contribution < -0.4 is 11.1 Å². The number of hydrogen-bond acceptors (Lipinski definition) is 2. The fourth-order valence-electron chi connectivity index (χ4n) is 2.56. The van der Waals surface area contributed by atoms with Crippen LogP contribution in [0.2, 0.25) is 0 Å². The molecule has 0 fully saturated rings. The van der Waals surface area contributed by atoms with Crippen LogP contribution in [0.1, 0.15) is 18.1 Å². The number of nitrogens with one attached hydrogen (secondary N) is 1. The second-order valence-electron chi connectivity index (χ2n) is 6.19. The monoisotopic (exact) mass is 333 g/mol. The summed E-state index contributed by atoms with van der Waals surface area (Å²) in [4.78, 5) is 8.77. The van der Waals surface area contributed by atoms with E-state index in [9.17, 15) is 0 Å². The van der Waals surface area contributed by atoms with E-state index < -0.39 is 0 Å². The van der Waals surface area contributed by atoms with Crippen LogP contribution in [0.5, 0.6) is 0 Å². The van der Waals surface area contributed by atoms with Gasteiger partial charge in [0, 0.05) is 13.1 Å². The van der Waals surface area contributed by atoms with E-state index in [2.05, 4.69) is 56.8 Å². The Hall–Kier alpha value is -3.08. The molecule has 0 aliphatic rings. The molecule has 0 aliphatic heterocycles. The predicted molar refractivity (Wildman–Crippen MR) is 103 cm³/mol. The van der Waals surface area contributed by atoms with Crippen molar-refractivity contribution in [3.8, 4) is 0 Å². The van der Waals surface area contributed by atoms with Crippen LogP contribution in [0.4, 0.5) is 0 Å². The normalized spacial score (nSPS) is 11.6. The first kappa shape index (κ1) is 16.8. The van der Waals surface area contributed by atoms with E-state index in [0.29, 0.717) is 19.0 Å². The van der Waals surface area contributed by atoms with Gasteiger partial charge in [-0.1, -0.05) is 48.6 Å². The van der Waals surface area contributed by atoms with E-state index in [1.807, 2.05) is 31.5 Å². The number of benzene rings is 2. The standard InChI is InChI=1S/C20H23N5/c1-15(2)11-22-20(21)23-12-16-7-9-17(10-8-16)13-25-14-24-18-5-3-4-6-19(18)25/h3-10,14H,1,11-13H2,2H3,(H3,21,22,23). The lowest BCUT2D eigenvalue weighted by Gasteiger charge is -2.07. The van der Waals surface area contributed by atoms with Crippen LogP contribution in [0.3, 0.4) is 0 Å². The highest BCUT2D eigenvalue weighted by Gasteiger charge is 2.02. The third-order valence-corrected chi connectivity index (χ3v) is 3.91. The first-order chi connectivity index (χ1) is 12.1. The summed E-state index contributed by atoms with van der Waals surface area (Å²) >= 11 is 0. The van der Waals surface area contributed by atoms with Gasteiger partial charge in [-0.15, -0.1) is 0 Å². The molecule has 128 valence electrons. The van der Waals surface area contributed by atoms with Gasteiger partial charge in [-0.2, -0.15) is 0 Å². The number of hydrogen-bond donors (Lipinski definition) is 2. The molecule has 0 aliphatic carbocycles. The highest BCUT2D eigenvalue weighted by Crippen LogP contribution is 2.14. The van der Waals surface area contributed by atoms with Gasteiger partial charge in [-0.25, -0.2) is 9.98 Å². The number of guanidine groups is 1. The number of aliphatic imine (C=N–C) groups is 1. The zero-order valence-electron chi connectivity index (χ0n) is 14.4. The smallest absolute Gasteiger partial charge is 0.189 e. The third-order valence-electron chi connectivity index (χ3n) is 3.91. The minimum atomic E-state index is 0.442. The molecule has 0 atom stereocenters. The Morgan fingerprint density at radius 1 is 1.16 bits per heavy atom. The number of nitrogens with two attached hydrogens (primary N) is 1. The van der Waals surface area contributed by atoms with E-state index in [4.69, 9.17) is 5.73 Å². The molecule has 0 saturated carbocycles. The summed E-state index contributed by atoms with van der Waals surface area (Å²) in [7, 11) is 0. The van der Waals surface area contributed by atoms with Crippen molar-refractivity contribution in [3.05, 3.63) is 78.1 Å². The molecule has 3 rings (SSSR count). The lowest BCUT2D eigenvalue weighted by molar-refractivity contribution is 0.823. The van der Waals surface area contributed by atoms with E-state index in [1.165, 1.54) is 5.56 Å². The van der Waals surface area contributed by atoms with Gasteiger partial charge in [0.2, 0.25) is 0 Å². The topological polar surface area (TPSA) is 68.2 Å². The third kappa shape index (κ3) is 4.47. The van der Waals surface area contributed by atoms with Crippen molar-refractivity contribution in [2.75, 3.05) is 6.54 Å². The highest BCUT2D eigenvalue weighted by atomic mass is 15.1. The predicted octanol–water partition coefficient (Wildman–Crippen LogP) is 3.07. The average Bonchev–Trinajstić information content (AvgIpc) is 3.02. The van der Waals surface area contributed by atoms with Crippen molar-refractivity contribution >= 4 is 17.0 Å². The Morgan fingerprint density at radius 2 is 1.88 bits per heavy atom. The first-order valence-electron chi connectivity index (χ1n) is 8.27. The Balaban J connectivity index is 1.62. The lowest BCUT2D eigenvalue weighted by atomic mass is 10.1. The number of para-hydroxylation sites is 2. The second-order valence-corrected chi connectivity index (χ2v) is 6.19. The van der Waals surface area contributed by atoms with Gasteiger partial charge >= 0.3 is 0 Å². The van der Waals surface area contributed by atoms with Gasteiger partial charge in [0.15, 0.2) is 5.96 Å². The van der Waals surface area contributed by atoms with Crippen LogP contribution in [-0.4, -0.2) is 22.1 Å². The molecule has 0 unspecified atom stereocenters. The minimum Gasteiger partial charge on any atom is -0.370 e. The van der Waals surface area contributed by atoms with Crippen molar-refractivity contribution in [1.82, 2.24) is 14.9 Å². The van der Waals surface area contributed by atoms with Crippen molar-refractivity contribution in [1.29, 1.82) is 0 Å². The molecule has 2 aromatic carbocycles. The summed E-state index contributed by atoms with van der Waals surface area (Å²) in [5.74, 6) is 0.442. The number of fused-ring (bicyclic) bond motifs is 1. The minimum absolute atomic E-state index is 0.442. The molecule has 0 amide bonds. The Morgan fingerprint density at radius 3 is 2.64 bits per heavy atom. The van der Waals surface area contributed by atoms with Crippen molar-refractivity contribution < 1.29 is 0 Å². The highest BCUT2D eigenvalue weighted by molar-refractivity contribution is 5.78. The maximum Gasteiger partial charge on any atom is 0.189 e. The molecule has 0 saturated heterocycles. The number of imidazole rings is 1. The van der Waals surface area contributed by atoms with Crippen LogP contribution in [0.15, 0.2) is 72.0 Å². The molecule has 5 heteroatoms. The van der Waals surface area contributed by atoms with Crippen molar-refractivity contribution in [3.63, 3.8) is 0 Å². The number of rotatable bonds is 6. The van der Waals surface area contributed by atoms with E-state index in [1.54, 1.807) is 0 Å². The molecule has 1 aromatic heterocycles. The van der Waals surface area contributed by atoms with Crippen LogP contribution in [0, 0.1) is 0 Å². The first-order valence-corrected chi connectivity index (χ1v) is 8.27. The Bertz CT molecular complexity index is 890. The summed E-state index contributed by atoms with van der Waals surface area (Å²) in [6.07, 6.45) is 1.89. The summed E-state index contributed by atoms with van der Waals surface area (Å²) < 4.78 is 2.15. The molecule has 0 radical (unpaired) electrons. The Labute approximate surface area is 147 Å². The Kier molecular flexibility index (Phi) is 5.14. The molecule has 0 spiro atoms. The molecule has 3 N–H and O–H groups in total. The number of nitrogens with zero attached hydrogens (tertiary/aromatic N) is 3. The quantitative estimate of drug-likeness (QED) is 0.414. The van der Waals surface area contributed by atoms with Gasteiger partial charge < -0.3 is 15.6 Å². The zero-order chi connectivity index (χ0) is 17.6. The zero-order valence-corrected chi connectivity index (χ0v) is 14.4. The molecule has 1 heterocycles. The molecule has 3 aromatic rings. The fraction of sp³-hybridized carbons (Fsp3) is 0.200. The van der Waals surface area contributed by atoms with Gasteiger partial charge in [-0.05, 0) is 30.2 Å². The van der Waals surface area contributed by atoms with E-state index >= 15 is 0 Å². The molecule has 25 heavy (non-hydrogen) atoms. The van der Waals surface area contributed by atoms with Gasteiger partial charge in [-0.3, -0.25) is 0 Å². The molecular formula is C20H23N5. The molecular weight excluding hydrogens is 310 g/mol. The fourth-order valence-corrected chi connectivity index (χ4v) is 2.56. The van der Waals surface area contributed by atoms with Gasteiger partial charge in [0.05, 0.1) is 23.9 Å². The largest absolute Gasteiger partial charge is 0.370 e. The van der Waals surface area contributed by atoms with Gasteiger partial charge in [0.25, 0.3) is 0 Å². The van der Waals surface area contributed by atoms with E-state index in [-0.39, 0.29) is 0 Å². The van der Waals surface area contributed by atoms with Crippen molar-refractivity contribution in [2.24, 2.45) is 10.7 Å². The SMILES string of the molecule is C=C(C)CNC(N)=NCc1ccc(Cn2cnc3ccccc32)cc1. The average molecular weight is 333 g/mol. The van der Waals surface area contributed by atoms with Crippen molar-refractivity contribution in [2.45, 2.75) is 20.0 Å². The van der Waals surface area contributed by atoms with Crippen LogP contribution in [-0.2, 0) is 13.1 Å². The summed E-state index contributed by atoms with van der Waals surface area (Å²) in [6.45, 7) is 7.77. The van der Waals surface area contributed by atoms with Gasteiger partial charge in [0.1, 0.15) is 0 Å². The van der Waals surface area contributed by atoms with E-state index in [0.717, 1.165) is 28.7 Å². The molecule has 5 nitrogen and oxygen atoms in total. The maximum atomic E-state index is 5.83. The maximum absolute atomic E-state index is 5.83. The summed E-state index contributed by atoms with van der Waals surface area (Å²) in [6, 6.07) is 16.6. The molecule has 0 bridgehead atoms. The second kappa shape index (κ2) is 7.66. The van der Waals surface area contributed by atoms with Crippen LogP contribution in [0.25, 0.3) is 11.0 Å².